The Labute approximate surface area is 413 Å². The minimum atomic E-state index is -0.977. The van der Waals surface area contributed by atoms with Crippen LogP contribution in [-0.2, 0) is 47.6 Å². The van der Waals surface area contributed by atoms with Gasteiger partial charge >= 0.3 is 0 Å². The molecule has 0 radical (unpaired) electrons. The smallest absolute Gasteiger partial charge is 0.287 e. The Morgan fingerprint density at radius 3 is 1.34 bits per heavy atom. The number of furan rings is 1. The number of fused-ring (bicyclic) bond motifs is 3. The molecule has 0 spiro atoms. The maximum atomic E-state index is 12.2. The van der Waals surface area contributed by atoms with Gasteiger partial charge in [-0.05, 0) is 75.0 Å². The van der Waals surface area contributed by atoms with E-state index in [2.05, 4.69) is 56.5 Å². The second-order valence-electron chi connectivity index (χ2n) is 21.1. The lowest BCUT2D eigenvalue weighted by atomic mass is 10.1. The van der Waals surface area contributed by atoms with Crippen LogP contribution in [-0.4, -0.2) is 173 Å². The summed E-state index contributed by atoms with van der Waals surface area (Å²) in [6.45, 7) is 9.68. The van der Waals surface area contributed by atoms with Crippen LogP contribution in [0.1, 0.15) is 66.0 Å². The largest absolute Gasteiger partial charge is 0.459 e. The van der Waals surface area contributed by atoms with Crippen LogP contribution in [0.4, 0.5) is 0 Å². The van der Waals surface area contributed by atoms with E-state index in [-0.39, 0.29) is 132 Å². The number of aromatic nitrogens is 1. The molecule has 9 aliphatic rings. The molecule has 3 saturated carbocycles. The summed E-state index contributed by atoms with van der Waals surface area (Å²) in [5, 5.41) is 17.9. The van der Waals surface area contributed by atoms with Gasteiger partial charge in [0.25, 0.3) is 11.8 Å². The maximum Gasteiger partial charge on any atom is 0.287 e. The molecule has 12 atom stereocenters. The normalized spacial score (nSPS) is 32.5. The summed E-state index contributed by atoms with van der Waals surface area (Å²) in [6, 6.07) is 7.19. The second kappa shape index (κ2) is 22.6. The Bertz CT molecular complexity index is 2030. The first kappa shape index (κ1) is 50.6. The fourth-order valence-corrected chi connectivity index (χ4v) is 11.9. The molecule has 2 aromatic rings. The van der Waals surface area contributed by atoms with Gasteiger partial charge in [-0.3, -0.25) is 28.8 Å². The van der Waals surface area contributed by atoms with Crippen LogP contribution in [0.15, 0.2) is 41.1 Å². The molecule has 0 bridgehead atoms. The lowest BCUT2D eigenvalue weighted by Crippen LogP contribution is -2.47. The highest BCUT2D eigenvalue weighted by atomic mass is 32.2. The van der Waals surface area contributed by atoms with Crippen LogP contribution >= 0.6 is 11.8 Å². The molecular weight excluding hydrogens is 943 g/mol. The lowest BCUT2D eigenvalue weighted by molar-refractivity contribution is -0.124. The van der Waals surface area contributed by atoms with E-state index in [1.165, 1.54) is 18.7 Å². The molecule has 6 saturated heterocycles. The number of amides is 6. The molecule has 12 unspecified atom stereocenters. The Morgan fingerprint density at radius 1 is 0.557 bits per heavy atom. The van der Waals surface area contributed by atoms with E-state index >= 15 is 0 Å². The standard InChI is InChI=1S/C18H32N2O4SSi.C15H19N3O4.C15H18N2O5/c1-26(2,3)8-4-7-25-11-15(21)19-13-9-23-17-14(10-24-16(13)17)20-18(22)12-5-6-12;19-14(8-3-4-8)17-10-6-21-13-11(7-22-12(10)13)18-15(20)9-2-1-5-16-9;18-14(8-3-4-8)16-9-6-21-13-10(7-22-12(9)13)17-15(19)11-2-1-5-20-11/h12-14,16-17H,4-11H2,1-3H3,(H,19,21)(H,20,22);1-2,5,8,10-13,16H,3-4,6-7H2,(H,17,19)(H,18,20);1-2,5,8-10,12-13H,3-4,6-7H2,(H,16,18)(H,17,19). The molecule has 11 rings (SSSR count). The number of aromatic amines is 1. The molecule has 9 fully saturated rings. The van der Waals surface area contributed by atoms with Gasteiger partial charge in [-0.1, -0.05) is 25.7 Å². The van der Waals surface area contributed by atoms with Crippen LogP contribution in [0, 0.1) is 17.8 Å². The highest BCUT2D eigenvalue weighted by molar-refractivity contribution is 7.99. The number of carbonyl (C=O) groups excluding carboxylic acids is 6. The second-order valence-corrected chi connectivity index (χ2v) is 27.8. The number of nitrogens with one attached hydrogen (secondary N) is 7. The summed E-state index contributed by atoms with van der Waals surface area (Å²) in [5.74, 6) is 2.19. The van der Waals surface area contributed by atoms with E-state index in [0.717, 1.165) is 44.3 Å². The molecule has 20 nitrogen and oxygen atoms in total. The molecule has 0 aromatic carbocycles. The van der Waals surface area contributed by atoms with Gasteiger partial charge < -0.3 is 69.7 Å². The zero-order chi connectivity index (χ0) is 48.9. The highest BCUT2D eigenvalue weighted by Gasteiger charge is 2.52. The van der Waals surface area contributed by atoms with Gasteiger partial charge in [0.1, 0.15) is 42.3 Å². The van der Waals surface area contributed by atoms with E-state index < -0.39 is 8.07 Å². The van der Waals surface area contributed by atoms with Crippen molar-refractivity contribution in [2.45, 2.75) is 144 Å². The van der Waals surface area contributed by atoms with E-state index in [4.69, 9.17) is 32.8 Å². The molecule has 70 heavy (non-hydrogen) atoms. The van der Waals surface area contributed by atoms with Crippen molar-refractivity contribution in [3.63, 3.8) is 0 Å². The number of H-pyrrole nitrogens is 1. The number of thioether (sulfide) groups is 1. The minimum absolute atomic E-state index is 0.0475. The summed E-state index contributed by atoms with van der Waals surface area (Å²) in [7, 11) is -0.977. The van der Waals surface area contributed by atoms with E-state index in [1.54, 1.807) is 42.2 Å². The predicted molar refractivity (Wildman–Crippen MR) is 256 cm³/mol. The van der Waals surface area contributed by atoms with E-state index in [9.17, 15) is 28.8 Å². The van der Waals surface area contributed by atoms with Crippen molar-refractivity contribution in [3.05, 3.63) is 48.2 Å². The average Bonchev–Trinajstić information content (AvgIpc) is 4.15. The SMILES string of the molecule is C[Si](C)(C)CCCSCC(=O)NC1COC2C(NC(=O)C3CC3)COC12.O=C(NC1COC2C(NC(=O)C3CC3)COC12)c1ccc[nH]1.O=C(NC1COC2C(NC(=O)C3CC3)COC12)c1ccco1. The summed E-state index contributed by atoms with van der Waals surface area (Å²) in [4.78, 5) is 74.9. The summed E-state index contributed by atoms with van der Waals surface area (Å²) in [6.07, 6.45) is 9.10. The third-order valence-electron chi connectivity index (χ3n) is 14.0. The first-order valence-electron chi connectivity index (χ1n) is 25.0. The Morgan fingerprint density at radius 2 is 0.971 bits per heavy atom. The molecule has 3 aliphatic carbocycles. The molecule has 2 aromatic heterocycles. The maximum absolute atomic E-state index is 12.2. The van der Waals surface area contributed by atoms with Gasteiger partial charge in [0.15, 0.2) is 5.76 Å². The van der Waals surface area contributed by atoms with E-state index in [1.807, 2.05) is 0 Å². The molecular formula is C48H69N7O13SSi. The van der Waals surface area contributed by atoms with Crippen LogP contribution in [0.5, 0.6) is 0 Å². The van der Waals surface area contributed by atoms with Crippen molar-refractivity contribution in [1.29, 1.82) is 0 Å². The van der Waals surface area contributed by atoms with Crippen LogP contribution in [0.25, 0.3) is 0 Å². The third kappa shape index (κ3) is 13.2. The van der Waals surface area contributed by atoms with Gasteiger partial charge in [0.2, 0.25) is 23.6 Å². The first-order valence-corrected chi connectivity index (χ1v) is 29.9. The monoisotopic (exact) mass is 1010 g/mol. The number of hydrogen-bond donors (Lipinski definition) is 7. The molecule has 384 valence electrons. The van der Waals surface area contributed by atoms with Gasteiger partial charge in [-0.2, -0.15) is 11.8 Å². The Balaban J connectivity index is 0.000000131. The van der Waals surface area contributed by atoms with Crippen LogP contribution in [0.3, 0.4) is 0 Å². The number of rotatable bonds is 17. The van der Waals surface area contributed by atoms with Crippen molar-refractivity contribution in [1.82, 2.24) is 36.9 Å². The number of carbonyl (C=O) groups is 6. The van der Waals surface area contributed by atoms with Gasteiger partial charge in [-0.25, -0.2) is 0 Å². The van der Waals surface area contributed by atoms with Gasteiger partial charge in [0, 0.05) is 32.0 Å². The van der Waals surface area contributed by atoms with E-state index in [0.29, 0.717) is 51.1 Å². The predicted octanol–water partition coefficient (Wildman–Crippen LogP) is 1.50. The van der Waals surface area contributed by atoms with Gasteiger partial charge in [0.05, 0.1) is 87.9 Å². The number of ether oxygens (including phenoxy) is 6. The zero-order valence-corrected chi connectivity index (χ0v) is 42.0. The molecule has 7 N–H and O–H groups in total. The fraction of sp³-hybridized carbons (Fsp3) is 0.708. The minimum Gasteiger partial charge on any atom is -0.459 e. The molecule has 6 amide bonds. The van der Waals surface area contributed by atoms with Crippen LogP contribution < -0.4 is 31.9 Å². The molecule has 22 heteroatoms. The zero-order valence-electron chi connectivity index (χ0n) is 40.2. The van der Waals surface area contributed by atoms with Crippen molar-refractivity contribution in [2.75, 3.05) is 51.1 Å². The van der Waals surface area contributed by atoms with Gasteiger partial charge in [-0.15, -0.1) is 0 Å². The summed E-state index contributed by atoms with van der Waals surface area (Å²) in [5.41, 5.74) is 0.514. The van der Waals surface area contributed by atoms with Crippen LogP contribution in [0.2, 0.25) is 25.7 Å². The number of hydrogen-bond acceptors (Lipinski definition) is 14. The first-order chi connectivity index (χ1) is 33.8. The van der Waals surface area contributed by atoms with Crippen molar-refractivity contribution >= 4 is 55.3 Å². The average molecular weight is 1010 g/mol. The topological polar surface area (TPSA) is 259 Å². The fourth-order valence-electron chi connectivity index (χ4n) is 9.66. The Hall–Kier alpha value is -4.29. The summed E-state index contributed by atoms with van der Waals surface area (Å²) >= 11 is 1.70. The Kier molecular flexibility index (Phi) is 16.4. The molecule has 6 aliphatic heterocycles. The van der Waals surface area contributed by atoms with Crippen molar-refractivity contribution in [3.8, 4) is 0 Å². The molecule has 8 heterocycles. The third-order valence-corrected chi connectivity index (χ3v) is 16.9. The quantitative estimate of drug-likeness (QED) is 0.0876. The highest BCUT2D eigenvalue weighted by Crippen LogP contribution is 2.34. The lowest BCUT2D eigenvalue weighted by Gasteiger charge is -2.18. The summed E-state index contributed by atoms with van der Waals surface area (Å²) < 4.78 is 39.7. The van der Waals surface area contributed by atoms with Crippen molar-refractivity contribution < 1.29 is 61.6 Å². The van der Waals surface area contributed by atoms with Crippen molar-refractivity contribution in [2.24, 2.45) is 17.8 Å².